The molecule has 21 heavy (non-hydrogen) atoms. The summed E-state index contributed by atoms with van der Waals surface area (Å²) in [7, 11) is 0. The SMILES string of the molecule is O=C1C[C@@H](C(=O)Nc2cccnc2)c2ccc(F)cc2N1. The Hall–Kier alpha value is -2.76. The average Bonchev–Trinajstić information content (AvgIpc) is 2.47. The number of aromatic nitrogens is 1. The van der Waals surface area contributed by atoms with Crippen LogP contribution in [0.3, 0.4) is 0 Å². The van der Waals surface area contributed by atoms with Crippen molar-refractivity contribution in [3.63, 3.8) is 0 Å². The summed E-state index contributed by atoms with van der Waals surface area (Å²) >= 11 is 0. The number of fused-ring (bicyclic) bond motifs is 1. The molecule has 1 aromatic heterocycles. The highest BCUT2D eigenvalue weighted by Gasteiger charge is 2.30. The molecule has 1 atom stereocenters. The lowest BCUT2D eigenvalue weighted by Gasteiger charge is -2.24. The zero-order chi connectivity index (χ0) is 14.8. The molecule has 0 saturated carbocycles. The first-order chi connectivity index (χ1) is 10.1. The summed E-state index contributed by atoms with van der Waals surface area (Å²) < 4.78 is 13.2. The molecule has 106 valence electrons. The van der Waals surface area contributed by atoms with Gasteiger partial charge in [0.05, 0.1) is 17.8 Å². The maximum absolute atomic E-state index is 13.2. The van der Waals surface area contributed by atoms with Gasteiger partial charge in [0.15, 0.2) is 0 Å². The minimum absolute atomic E-state index is 0.0325. The molecule has 5 nitrogen and oxygen atoms in total. The van der Waals surface area contributed by atoms with E-state index in [2.05, 4.69) is 15.6 Å². The third-order valence-corrected chi connectivity index (χ3v) is 3.30. The van der Waals surface area contributed by atoms with Gasteiger partial charge < -0.3 is 10.6 Å². The van der Waals surface area contributed by atoms with Crippen molar-refractivity contribution in [2.24, 2.45) is 0 Å². The topological polar surface area (TPSA) is 71.1 Å². The first-order valence-corrected chi connectivity index (χ1v) is 6.43. The second-order valence-electron chi connectivity index (χ2n) is 4.77. The van der Waals surface area contributed by atoms with Crippen LogP contribution in [0, 0.1) is 5.82 Å². The second kappa shape index (κ2) is 5.32. The van der Waals surface area contributed by atoms with Gasteiger partial charge in [-0.25, -0.2) is 4.39 Å². The Labute approximate surface area is 120 Å². The highest BCUT2D eigenvalue weighted by molar-refractivity contribution is 6.05. The van der Waals surface area contributed by atoms with Gasteiger partial charge in [-0.3, -0.25) is 14.6 Å². The zero-order valence-electron chi connectivity index (χ0n) is 11.0. The maximum Gasteiger partial charge on any atom is 0.232 e. The molecule has 0 unspecified atom stereocenters. The van der Waals surface area contributed by atoms with Gasteiger partial charge >= 0.3 is 0 Å². The Kier molecular flexibility index (Phi) is 3.35. The third-order valence-electron chi connectivity index (χ3n) is 3.30. The standard InChI is InChI=1S/C15H12FN3O2/c16-9-3-4-11-12(7-14(20)19-13(11)6-9)15(21)18-10-2-1-5-17-8-10/h1-6,8,12H,7H2,(H,18,21)(H,19,20)/t12-/m1/s1. The Morgan fingerprint density at radius 1 is 1.38 bits per heavy atom. The van der Waals surface area contributed by atoms with E-state index >= 15 is 0 Å². The lowest BCUT2D eigenvalue weighted by atomic mass is 9.89. The number of halogens is 1. The molecule has 1 aliphatic heterocycles. The zero-order valence-corrected chi connectivity index (χ0v) is 11.0. The number of amides is 2. The van der Waals surface area contributed by atoms with Gasteiger partial charge in [0, 0.05) is 18.3 Å². The van der Waals surface area contributed by atoms with Crippen LogP contribution in [-0.4, -0.2) is 16.8 Å². The fourth-order valence-electron chi connectivity index (χ4n) is 2.34. The van der Waals surface area contributed by atoms with Crippen LogP contribution in [0.4, 0.5) is 15.8 Å². The van der Waals surface area contributed by atoms with Crippen molar-refractivity contribution in [3.05, 3.63) is 54.1 Å². The van der Waals surface area contributed by atoms with Crippen molar-refractivity contribution in [1.82, 2.24) is 4.98 Å². The van der Waals surface area contributed by atoms with Gasteiger partial charge in [-0.2, -0.15) is 0 Å². The van der Waals surface area contributed by atoms with Crippen molar-refractivity contribution in [3.8, 4) is 0 Å². The van der Waals surface area contributed by atoms with Crippen molar-refractivity contribution >= 4 is 23.2 Å². The Morgan fingerprint density at radius 3 is 3.00 bits per heavy atom. The number of rotatable bonds is 2. The largest absolute Gasteiger partial charge is 0.326 e. The molecule has 0 spiro atoms. The summed E-state index contributed by atoms with van der Waals surface area (Å²) in [6.45, 7) is 0. The fraction of sp³-hybridized carbons (Fsp3) is 0.133. The fourth-order valence-corrected chi connectivity index (χ4v) is 2.34. The van der Waals surface area contributed by atoms with E-state index in [1.165, 1.54) is 24.4 Å². The van der Waals surface area contributed by atoms with Crippen LogP contribution in [0.2, 0.25) is 0 Å². The third kappa shape index (κ3) is 2.74. The van der Waals surface area contributed by atoms with Gasteiger partial charge in [0.25, 0.3) is 0 Å². The maximum atomic E-state index is 13.2. The molecule has 0 aliphatic carbocycles. The molecule has 1 aliphatic rings. The van der Waals surface area contributed by atoms with E-state index in [1.54, 1.807) is 18.3 Å². The summed E-state index contributed by atoms with van der Waals surface area (Å²) in [6.07, 6.45) is 3.15. The van der Waals surface area contributed by atoms with Crippen LogP contribution in [0.15, 0.2) is 42.7 Å². The van der Waals surface area contributed by atoms with Gasteiger partial charge in [0.1, 0.15) is 5.82 Å². The van der Waals surface area contributed by atoms with Gasteiger partial charge in [-0.15, -0.1) is 0 Å². The minimum atomic E-state index is -0.644. The summed E-state index contributed by atoms with van der Waals surface area (Å²) in [5.74, 6) is -1.72. The van der Waals surface area contributed by atoms with Crippen molar-refractivity contribution in [2.45, 2.75) is 12.3 Å². The number of carbonyl (C=O) groups excluding carboxylic acids is 2. The quantitative estimate of drug-likeness (QED) is 0.889. The van der Waals surface area contributed by atoms with Gasteiger partial charge in [-0.05, 0) is 29.8 Å². The van der Waals surface area contributed by atoms with Crippen LogP contribution in [-0.2, 0) is 9.59 Å². The molecule has 0 radical (unpaired) electrons. The van der Waals surface area contributed by atoms with E-state index in [0.717, 1.165) is 0 Å². The van der Waals surface area contributed by atoms with Gasteiger partial charge in [0.2, 0.25) is 11.8 Å². The summed E-state index contributed by atoms with van der Waals surface area (Å²) in [4.78, 5) is 27.9. The lowest BCUT2D eigenvalue weighted by molar-refractivity contribution is -0.123. The molecule has 6 heteroatoms. The van der Waals surface area contributed by atoms with Crippen molar-refractivity contribution in [1.29, 1.82) is 0 Å². The summed E-state index contributed by atoms with van der Waals surface area (Å²) in [5.41, 5.74) is 1.51. The van der Waals surface area contributed by atoms with Crippen LogP contribution in [0.5, 0.6) is 0 Å². The Morgan fingerprint density at radius 2 is 2.24 bits per heavy atom. The van der Waals surface area contributed by atoms with E-state index in [4.69, 9.17) is 0 Å². The second-order valence-corrected chi connectivity index (χ2v) is 4.77. The summed E-state index contributed by atoms with van der Waals surface area (Å²) in [6, 6.07) is 7.43. The molecular formula is C15H12FN3O2. The summed E-state index contributed by atoms with van der Waals surface area (Å²) in [5, 5.41) is 5.29. The predicted molar refractivity (Wildman–Crippen MR) is 75.3 cm³/mol. The number of pyridine rings is 1. The van der Waals surface area contributed by atoms with Crippen molar-refractivity contribution < 1.29 is 14.0 Å². The Balaban J connectivity index is 1.89. The first kappa shape index (κ1) is 13.2. The Bertz CT molecular complexity index is 703. The van der Waals surface area contributed by atoms with Crippen molar-refractivity contribution in [2.75, 3.05) is 10.6 Å². The molecule has 3 rings (SSSR count). The van der Waals surface area contributed by atoms with E-state index in [0.29, 0.717) is 16.9 Å². The number of anilines is 2. The molecule has 2 heterocycles. The first-order valence-electron chi connectivity index (χ1n) is 6.43. The van der Waals surface area contributed by atoms with E-state index < -0.39 is 11.7 Å². The normalized spacial score (nSPS) is 16.8. The number of hydrogen-bond acceptors (Lipinski definition) is 3. The highest BCUT2D eigenvalue weighted by atomic mass is 19.1. The van der Waals surface area contributed by atoms with Crippen LogP contribution in [0.1, 0.15) is 17.9 Å². The number of hydrogen-bond donors (Lipinski definition) is 2. The van der Waals surface area contributed by atoms with E-state index in [1.807, 2.05) is 0 Å². The van der Waals surface area contributed by atoms with Gasteiger partial charge in [-0.1, -0.05) is 6.07 Å². The number of nitrogens with zero attached hydrogens (tertiary/aromatic N) is 1. The molecule has 1 aromatic carbocycles. The molecule has 2 N–H and O–H groups in total. The highest BCUT2D eigenvalue weighted by Crippen LogP contribution is 2.33. The number of benzene rings is 1. The monoisotopic (exact) mass is 285 g/mol. The molecule has 2 aromatic rings. The predicted octanol–water partition coefficient (Wildman–Crippen LogP) is 2.29. The molecule has 2 amide bonds. The van der Waals surface area contributed by atoms with Crippen LogP contribution >= 0.6 is 0 Å². The molecule has 0 saturated heterocycles. The minimum Gasteiger partial charge on any atom is -0.326 e. The average molecular weight is 285 g/mol. The van der Waals surface area contributed by atoms with Crippen LogP contribution in [0.25, 0.3) is 0 Å². The van der Waals surface area contributed by atoms with E-state index in [9.17, 15) is 14.0 Å². The van der Waals surface area contributed by atoms with Crippen LogP contribution < -0.4 is 10.6 Å². The van der Waals surface area contributed by atoms with E-state index in [-0.39, 0.29) is 18.2 Å². The number of nitrogens with one attached hydrogen (secondary N) is 2. The lowest BCUT2D eigenvalue weighted by Crippen LogP contribution is -2.30. The molecule has 0 fully saturated rings. The molecular weight excluding hydrogens is 273 g/mol. The molecule has 0 bridgehead atoms. The smallest absolute Gasteiger partial charge is 0.232 e. The number of carbonyl (C=O) groups is 2.